The summed E-state index contributed by atoms with van der Waals surface area (Å²) in [6, 6.07) is 12.3. The van der Waals surface area contributed by atoms with Gasteiger partial charge in [-0.05, 0) is 37.4 Å². The number of aromatic nitrogens is 4. The molecule has 1 aliphatic heterocycles. The van der Waals surface area contributed by atoms with Crippen LogP contribution in [0, 0.1) is 11.3 Å². The minimum absolute atomic E-state index is 0.193. The van der Waals surface area contributed by atoms with Crippen molar-refractivity contribution in [3.63, 3.8) is 0 Å². The highest BCUT2D eigenvalue weighted by Crippen LogP contribution is 2.18. The van der Waals surface area contributed by atoms with E-state index in [0.29, 0.717) is 5.82 Å². The Balaban J connectivity index is 0.000000197. The largest absolute Gasteiger partial charge is 0.359 e. The van der Waals surface area contributed by atoms with Gasteiger partial charge in [0.05, 0.1) is 21.5 Å². The number of benzene rings is 1. The molecule has 3 aromatic rings. The zero-order chi connectivity index (χ0) is 19.1. The summed E-state index contributed by atoms with van der Waals surface area (Å²) in [7, 11) is 0. The molecule has 0 bridgehead atoms. The Morgan fingerprint density at radius 3 is 2.11 bits per heavy atom. The summed E-state index contributed by atoms with van der Waals surface area (Å²) >= 11 is 6.46. The second-order valence-corrected chi connectivity index (χ2v) is 7.19. The van der Waals surface area contributed by atoms with E-state index in [0.717, 1.165) is 21.3 Å². The molecular formula is C18H13Br2N7. The smallest absolute Gasteiger partial charge is 0.232 e. The molecule has 0 unspecified atom stereocenters. The van der Waals surface area contributed by atoms with E-state index in [2.05, 4.69) is 74.2 Å². The van der Waals surface area contributed by atoms with Crippen LogP contribution in [0.1, 0.15) is 23.3 Å². The van der Waals surface area contributed by atoms with Crippen molar-refractivity contribution in [3.8, 4) is 6.07 Å². The zero-order valence-electron chi connectivity index (χ0n) is 13.9. The molecule has 0 aliphatic carbocycles. The first kappa shape index (κ1) is 19.1. The van der Waals surface area contributed by atoms with Gasteiger partial charge in [-0.25, -0.2) is 19.9 Å². The fourth-order valence-electron chi connectivity index (χ4n) is 2.25. The van der Waals surface area contributed by atoms with Gasteiger partial charge in [-0.15, -0.1) is 0 Å². The van der Waals surface area contributed by atoms with Crippen molar-refractivity contribution >= 4 is 37.7 Å². The molecule has 1 aromatic carbocycles. The van der Waals surface area contributed by atoms with Gasteiger partial charge in [-0.1, -0.05) is 30.3 Å². The second kappa shape index (κ2) is 9.30. The SMILES string of the molecule is Brc1cnc(C2=NC[C@H](c3ccccc3)N2)nc1.N#Cc1ncc(Br)cn1. The van der Waals surface area contributed by atoms with Gasteiger partial charge in [-0.3, -0.25) is 4.99 Å². The first-order valence-electron chi connectivity index (χ1n) is 7.87. The van der Waals surface area contributed by atoms with Gasteiger partial charge >= 0.3 is 0 Å². The van der Waals surface area contributed by atoms with Crippen molar-refractivity contribution in [3.05, 3.63) is 81.3 Å². The fraction of sp³-hybridized carbons (Fsp3) is 0.111. The Kier molecular flexibility index (Phi) is 6.57. The van der Waals surface area contributed by atoms with Crippen molar-refractivity contribution in [2.75, 3.05) is 6.54 Å². The third-order valence-corrected chi connectivity index (χ3v) is 4.32. The van der Waals surface area contributed by atoms with Crippen molar-refractivity contribution < 1.29 is 0 Å². The third-order valence-electron chi connectivity index (χ3n) is 3.50. The lowest BCUT2D eigenvalue weighted by Gasteiger charge is -2.11. The number of rotatable bonds is 2. The molecule has 3 heterocycles. The van der Waals surface area contributed by atoms with Crippen LogP contribution in [-0.2, 0) is 0 Å². The molecule has 0 fully saturated rings. The summed E-state index contributed by atoms with van der Waals surface area (Å²) in [5, 5.41) is 11.6. The third kappa shape index (κ3) is 5.39. The maximum absolute atomic E-state index is 8.24. The number of hydrogen-bond donors (Lipinski definition) is 1. The van der Waals surface area contributed by atoms with Crippen molar-refractivity contribution in [1.29, 1.82) is 5.26 Å². The molecule has 1 aliphatic rings. The number of nitrogens with zero attached hydrogens (tertiary/aromatic N) is 6. The summed E-state index contributed by atoms with van der Waals surface area (Å²) in [6.07, 6.45) is 6.52. The van der Waals surface area contributed by atoms with Crippen LogP contribution in [0.5, 0.6) is 0 Å². The van der Waals surface area contributed by atoms with Crippen LogP contribution < -0.4 is 5.32 Å². The van der Waals surface area contributed by atoms with E-state index < -0.39 is 0 Å². The summed E-state index contributed by atoms with van der Waals surface area (Å²) in [6.45, 7) is 0.721. The number of nitriles is 1. The highest BCUT2D eigenvalue weighted by atomic mass is 79.9. The van der Waals surface area contributed by atoms with Crippen molar-refractivity contribution in [2.45, 2.75) is 6.04 Å². The molecular weight excluding hydrogens is 474 g/mol. The molecule has 27 heavy (non-hydrogen) atoms. The van der Waals surface area contributed by atoms with E-state index in [1.165, 1.54) is 18.0 Å². The van der Waals surface area contributed by atoms with Gasteiger partial charge in [-0.2, -0.15) is 5.26 Å². The van der Waals surface area contributed by atoms with Crippen LogP contribution >= 0.6 is 31.9 Å². The topological polar surface area (TPSA) is 99.7 Å². The Morgan fingerprint density at radius 2 is 1.52 bits per heavy atom. The van der Waals surface area contributed by atoms with Crippen LogP contribution in [0.3, 0.4) is 0 Å². The summed E-state index contributed by atoms with van der Waals surface area (Å²) in [4.78, 5) is 20.3. The molecule has 0 spiro atoms. The standard InChI is InChI=1S/C13H11BrN4.C5H2BrN3/c14-10-6-15-12(16-7-10)13-17-8-11(18-13)9-4-2-1-3-5-9;6-4-2-8-5(1-7)9-3-4/h1-7,11H,8H2,(H,17,18);2-3H/t11-;/m1./s1. The molecule has 0 radical (unpaired) electrons. The molecule has 7 nitrogen and oxygen atoms in total. The monoisotopic (exact) mass is 485 g/mol. The van der Waals surface area contributed by atoms with Crippen LogP contribution in [0.4, 0.5) is 0 Å². The predicted octanol–water partition coefficient (Wildman–Crippen LogP) is 3.44. The highest BCUT2D eigenvalue weighted by Gasteiger charge is 2.21. The maximum Gasteiger partial charge on any atom is 0.232 e. The Bertz CT molecular complexity index is 952. The average Bonchev–Trinajstić information content (AvgIpc) is 3.21. The van der Waals surface area contributed by atoms with E-state index in [1.54, 1.807) is 12.4 Å². The van der Waals surface area contributed by atoms with Gasteiger partial charge in [0.25, 0.3) is 0 Å². The molecule has 4 rings (SSSR count). The number of halogens is 2. The van der Waals surface area contributed by atoms with Crippen LogP contribution in [0.25, 0.3) is 0 Å². The zero-order valence-corrected chi connectivity index (χ0v) is 17.1. The van der Waals surface area contributed by atoms with Crippen molar-refractivity contribution in [2.24, 2.45) is 4.99 Å². The molecule has 1 atom stereocenters. The lowest BCUT2D eigenvalue weighted by Crippen LogP contribution is -2.25. The quantitative estimate of drug-likeness (QED) is 0.595. The van der Waals surface area contributed by atoms with Gasteiger partial charge in [0, 0.05) is 24.8 Å². The van der Waals surface area contributed by atoms with Gasteiger partial charge < -0.3 is 5.32 Å². The molecule has 1 N–H and O–H groups in total. The van der Waals surface area contributed by atoms with Crippen LogP contribution in [0.2, 0.25) is 0 Å². The second-order valence-electron chi connectivity index (χ2n) is 5.36. The fourth-order valence-corrected chi connectivity index (χ4v) is 2.66. The Morgan fingerprint density at radius 1 is 0.926 bits per heavy atom. The highest BCUT2D eigenvalue weighted by molar-refractivity contribution is 9.10. The number of amidine groups is 1. The van der Waals surface area contributed by atoms with Crippen LogP contribution in [0.15, 0.2) is 69.1 Å². The summed E-state index contributed by atoms with van der Waals surface area (Å²) < 4.78 is 1.64. The summed E-state index contributed by atoms with van der Waals surface area (Å²) in [5.74, 6) is 1.59. The normalized spacial score (nSPS) is 15.0. The van der Waals surface area contributed by atoms with Gasteiger partial charge in [0.2, 0.25) is 5.82 Å². The van der Waals surface area contributed by atoms with E-state index >= 15 is 0 Å². The van der Waals surface area contributed by atoms with E-state index in [4.69, 9.17) is 5.26 Å². The lowest BCUT2D eigenvalue weighted by atomic mass is 10.1. The van der Waals surface area contributed by atoms with Gasteiger partial charge in [0.15, 0.2) is 11.7 Å². The first-order valence-corrected chi connectivity index (χ1v) is 9.46. The first-order chi connectivity index (χ1) is 13.2. The number of aliphatic imine (C=N–C) groups is 1. The van der Waals surface area contributed by atoms with Crippen molar-refractivity contribution in [1.82, 2.24) is 25.3 Å². The maximum atomic E-state index is 8.24. The minimum Gasteiger partial charge on any atom is -0.359 e. The minimum atomic E-state index is 0.193. The van der Waals surface area contributed by atoms with Gasteiger partial charge in [0.1, 0.15) is 6.07 Å². The average molecular weight is 487 g/mol. The number of hydrogen-bond acceptors (Lipinski definition) is 7. The molecule has 0 amide bonds. The van der Waals surface area contributed by atoms with E-state index in [1.807, 2.05) is 24.3 Å². The Hall–Kier alpha value is -2.70. The van der Waals surface area contributed by atoms with Crippen LogP contribution in [-0.4, -0.2) is 32.3 Å². The molecule has 9 heteroatoms. The summed E-state index contributed by atoms with van der Waals surface area (Å²) in [5.41, 5.74) is 1.23. The molecule has 0 saturated heterocycles. The Labute approximate surface area is 172 Å². The predicted molar refractivity (Wildman–Crippen MR) is 108 cm³/mol. The molecule has 134 valence electrons. The molecule has 2 aromatic heterocycles. The molecule has 0 saturated carbocycles. The van der Waals surface area contributed by atoms with E-state index in [-0.39, 0.29) is 11.9 Å². The number of nitrogens with one attached hydrogen (secondary N) is 1. The lowest BCUT2D eigenvalue weighted by molar-refractivity contribution is 0.708. The van der Waals surface area contributed by atoms with E-state index in [9.17, 15) is 0 Å².